The van der Waals surface area contributed by atoms with Crippen LogP contribution in [-0.4, -0.2) is 44.0 Å². The summed E-state index contributed by atoms with van der Waals surface area (Å²) in [6, 6.07) is 7.19. The third-order valence-electron chi connectivity index (χ3n) is 4.76. The largest absolute Gasteiger partial charge is 0.394 e. The zero-order chi connectivity index (χ0) is 22.1. The summed E-state index contributed by atoms with van der Waals surface area (Å²) >= 11 is 1.42. The molecule has 0 fully saturated rings. The Hall–Kier alpha value is -3.21. The van der Waals surface area contributed by atoms with E-state index in [9.17, 15) is 23.8 Å². The maximum absolute atomic E-state index is 14.6. The first kappa shape index (κ1) is 21.0. The van der Waals surface area contributed by atoms with Crippen LogP contribution in [0.5, 0.6) is 0 Å². The molecule has 10 heteroatoms. The number of nitrogens with zero attached hydrogens (tertiary/aromatic N) is 3. The molecule has 3 aromatic heterocycles. The second-order valence-corrected chi connectivity index (χ2v) is 7.77. The summed E-state index contributed by atoms with van der Waals surface area (Å²) < 4.78 is 30.0. The van der Waals surface area contributed by atoms with Gasteiger partial charge in [-0.05, 0) is 42.1 Å². The second-order valence-electron chi connectivity index (χ2n) is 6.85. The summed E-state index contributed by atoms with van der Waals surface area (Å²) in [6.07, 6.45) is 0. The first-order valence-corrected chi connectivity index (χ1v) is 10.2. The van der Waals surface area contributed by atoms with Gasteiger partial charge < -0.3 is 15.5 Å². The first-order valence-electron chi connectivity index (χ1n) is 9.35. The van der Waals surface area contributed by atoms with Crippen LogP contribution in [0.2, 0.25) is 0 Å². The van der Waals surface area contributed by atoms with Crippen molar-refractivity contribution in [1.29, 1.82) is 0 Å². The number of pyridine rings is 1. The molecule has 160 valence electrons. The summed E-state index contributed by atoms with van der Waals surface area (Å²) in [7, 11) is 0. The highest BCUT2D eigenvalue weighted by atomic mass is 32.1. The van der Waals surface area contributed by atoms with Gasteiger partial charge in [-0.1, -0.05) is 6.07 Å². The van der Waals surface area contributed by atoms with Gasteiger partial charge in [0.05, 0.1) is 29.8 Å². The van der Waals surface area contributed by atoms with Gasteiger partial charge in [-0.2, -0.15) is 4.98 Å². The smallest absolute Gasteiger partial charge is 0.256 e. The SMILES string of the molecule is Cc1ccsc1-c1nc(NC(CO)CO)nc2c1ccc(=O)n2-c1c(F)cccc1F. The van der Waals surface area contributed by atoms with Crippen molar-refractivity contribution in [3.05, 3.63) is 69.3 Å². The van der Waals surface area contributed by atoms with E-state index in [2.05, 4.69) is 15.3 Å². The average Bonchev–Trinajstić information content (AvgIpc) is 3.18. The average molecular weight is 444 g/mol. The fourth-order valence-electron chi connectivity index (χ4n) is 3.22. The van der Waals surface area contributed by atoms with Crippen LogP contribution in [0, 0.1) is 18.6 Å². The van der Waals surface area contributed by atoms with Gasteiger partial charge >= 0.3 is 0 Å². The number of hydrogen-bond acceptors (Lipinski definition) is 7. The molecule has 0 saturated heterocycles. The number of thiophene rings is 1. The zero-order valence-electron chi connectivity index (χ0n) is 16.3. The monoisotopic (exact) mass is 444 g/mol. The molecule has 4 rings (SSSR count). The number of fused-ring (bicyclic) bond motifs is 1. The Morgan fingerprint density at radius 1 is 1.10 bits per heavy atom. The molecule has 3 heterocycles. The normalized spacial score (nSPS) is 11.4. The molecule has 0 amide bonds. The molecule has 0 spiro atoms. The molecule has 0 radical (unpaired) electrons. The van der Waals surface area contributed by atoms with E-state index in [1.807, 2.05) is 18.4 Å². The molecule has 3 N–H and O–H groups in total. The predicted octanol–water partition coefficient (Wildman–Crippen LogP) is 2.86. The van der Waals surface area contributed by atoms with E-state index in [0.29, 0.717) is 11.1 Å². The number of aromatic nitrogens is 3. The molecule has 0 unspecified atom stereocenters. The van der Waals surface area contributed by atoms with E-state index in [1.165, 1.54) is 29.5 Å². The van der Waals surface area contributed by atoms with Crippen LogP contribution in [0.25, 0.3) is 27.3 Å². The first-order chi connectivity index (χ1) is 14.9. The van der Waals surface area contributed by atoms with Gasteiger partial charge in [-0.25, -0.2) is 13.8 Å². The highest BCUT2D eigenvalue weighted by molar-refractivity contribution is 7.13. The number of nitrogens with one attached hydrogen (secondary N) is 1. The van der Waals surface area contributed by atoms with Crippen LogP contribution in [0.15, 0.2) is 46.6 Å². The summed E-state index contributed by atoms with van der Waals surface area (Å²) in [5, 5.41) is 23.9. The van der Waals surface area contributed by atoms with Gasteiger partial charge in [0.15, 0.2) is 5.65 Å². The van der Waals surface area contributed by atoms with Crippen molar-refractivity contribution in [2.24, 2.45) is 0 Å². The molecule has 0 atom stereocenters. The highest BCUT2D eigenvalue weighted by Gasteiger charge is 2.21. The predicted molar refractivity (Wildman–Crippen MR) is 115 cm³/mol. The van der Waals surface area contributed by atoms with Gasteiger partial charge in [0.1, 0.15) is 17.3 Å². The lowest BCUT2D eigenvalue weighted by molar-refractivity contribution is 0.203. The standard InChI is InChI=1S/C21H18F2N4O3S/c1-11-7-8-31-19(11)17-13-5-6-16(30)27(18-14(22)3-2-4-15(18)23)20(13)26-21(25-17)24-12(9-28)10-29/h2-8,12,28-29H,9-10H2,1H3,(H,24,25,26). The summed E-state index contributed by atoms with van der Waals surface area (Å²) in [6.45, 7) is 1.10. The minimum atomic E-state index is -0.917. The van der Waals surface area contributed by atoms with Gasteiger partial charge in [0.2, 0.25) is 5.95 Å². The number of aliphatic hydroxyl groups excluding tert-OH is 2. The Balaban J connectivity index is 2.09. The molecule has 0 aliphatic rings. The topological polar surface area (TPSA) is 100 Å². The highest BCUT2D eigenvalue weighted by Crippen LogP contribution is 2.34. The van der Waals surface area contributed by atoms with E-state index < -0.39 is 42.1 Å². The van der Waals surface area contributed by atoms with Crippen molar-refractivity contribution >= 4 is 28.3 Å². The fraction of sp³-hybridized carbons (Fsp3) is 0.190. The van der Waals surface area contributed by atoms with Crippen molar-refractivity contribution in [3.63, 3.8) is 0 Å². The summed E-state index contributed by atoms with van der Waals surface area (Å²) in [4.78, 5) is 22.3. The fourth-order valence-corrected chi connectivity index (χ4v) is 4.15. The van der Waals surface area contributed by atoms with Gasteiger partial charge in [0.25, 0.3) is 5.56 Å². The van der Waals surface area contributed by atoms with Gasteiger partial charge in [0, 0.05) is 11.5 Å². The molecule has 4 aromatic rings. The van der Waals surface area contributed by atoms with Crippen LogP contribution in [0.3, 0.4) is 0 Å². The van der Waals surface area contributed by atoms with Gasteiger partial charge in [-0.3, -0.25) is 9.36 Å². The Morgan fingerprint density at radius 3 is 2.42 bits per heavy atom. The minimum Gasteiger partial charge on any atom is -0.394 e. The quantitative estimate of drug-likeness (QED) is 0.423. The van der Waals surface area contributed by atoms with Crippen molar-refractivity contribution in [2.75, 3.05) is 18.5 Å². The molecule has 7 nitrogen and oxygen atoms in total. The van der Waals surface area contributed by atoms with Crippen LogP contribution in [0.4, 0.5) is 14.7 Å². The van der Waals surface area contributed by atoms with Crippen LogP contribution >= 0.6 is 11.3 Å². The Morgan fingerprint density at radius 2 is 1.81 bits per heavy atom. The van der Waals surface area contributed by atoms with E-state index >= 15 is 0 Å². The lowest BCUT2D eigenvalue weighted by atomic mass is 10.1. The summed E-state index contributed by atoms with van der Waals surface area (Å²) in [5.74, 6) is -1.83. The van der Waals surface area contributed by atoms with Crippen molar-refractivity contribution in [1.82, 2.24) is 14.5 Å². The Kier molecular flexibility index (Phi) is 5.77. The van der Waals surface area contributed by atoms with Crippen molar-refractivity contribution in [2.45, 2.75) is 13.0 Å². The molecule has 1 aromatic carbocycles. The Labute approximate surface area is 179 Å². The van der Waals surface area contributed by atoms with E-state index in [0.717, 1.165) is 27.1 Å². The van der Waals surface area contributed by atoms with Crippen LogP contribution in [-0.2, 0) is 0 Å². The lowest BCUT2D eigenvalue weighted by Crippen LogP contribution is -2.29. The number of rotatable bonds is 6. The molecule has 0 saturated carbocycles. The number of benzene rings is 1. The number of halogens is 2. The van der Waals surface area contributed by atoms with Crippen LogP contribution in [0.1, 0.15) is 5.56 Å². The lowest BCUT2D eigenvalue weighted by Gasteiger charge is -2.17. The number of aryl methyl sites for hydroxylation is 1. The summed E-state index contributed by atoms with van der Waals surface area (Å²) in [5.41, 5.74) is 0.159. The van der Waals surface area contributed by atoms with E-state index in [1.54, 1.807) is 0 Å². The minimum absolute atomic E-state index is 0.000465. The third-order valence-corrected chi connectivity index (χ3v) is 5.79. The van der Waals surface area contributed by atoms with E-state index in [4.69, 9.17) is 0 Å². The number of aliphatic hydroxyl groups is 2. The molecule has 0 aliphatic heterocycles. The van der Waals surface area contributed by atoms with E-state index in [-0.39, 0.29) is 11.6 Å². The maximum atomic E-state index is 14.6. The maximum Gasteiger partial charge on any atom is 0.256 e. The molecule has 0 aliphatic carbocycles. The molecular weight excluding hydrogens is 426 g/mol. The second kappa shape index (κ2) is 8.50. The third kappa shape index (κ3) is 3.80. The molecular formula is C21H18F2N4O3S. The van der Waals surface area contributed by atoms with Crippen molar-refractivity contribution in [3.8, 4) is 16.3 Å². The number of hydrogen-bond donors (Lipinski definition) is 3. The van der Waals surface area contributed by atoms with Crippen LogP contribution < -0.4 is 10.9 Å². The molecule has 31 heavy (non-hydrogen) atoms. The number of anilines is 1. The zero-order valence-corrected chi connectivity index (χ0v) is 17.2. The number of para-hydroxylation sites is 1. The van der Waals surface area contributed by atoms with Crippen molar-refractivity contribution < 1.29 is 19.0 Å². The Bertz CT molecular complexity index is 1300. The molecule has 0 bridgehead atoms. The van der Waals surface area contributed by atoms with Gasteiger partial charge in [-0.15, -0.1) is 11.3 Å².